The summed E-state index contributed by atoms with van der Waals surface area (Å²) in [7, 11) is 0. The van der Waals surface area contributed by atoms with Crippen molar-refractivity contribution in [1.82, 2.24) is 10.6 Å². The Morgan fingerprint density at radius 3 is 2.85 bits per heavy atom. The van der Waals surface area contributed by atoms with Crippen molar-refractivity contribution in [3.8, 4) is 0 Å². The second-order valence-corrected chi connectivity index (χ2v) is 4.56. The topological polar surface area (TPSA) is 24.1 Å². The maximum absolute atomic E-state index is 3.69. The molecular weight excluding hydrogens is 160 g/mol. The third-order valence-electron chi connectivity index (χ3n) is 3.26. The van der Waals surface area contributed by atoms with E-state index in [1.807, 2.05) is 0 Å². The van der Waals surface area contributed by atoms with Crippen LogP contribution in [0.5, 0.6) is 0 Å². The van der Waals surface area contributed by atoms with Gasteiger partial charge in [-0.2, -0.15) is 0 Å². The zero-order valence-electron chi connectivity index (χ0n) is 8.52. The molecule has 0 amide bonds. The van der Waals surface area contributed by atoms with Gasteiger partial charge in [0.05, 0.1) is 0 Å². The van der Waals surface area contributed by atoms with Crippen molar-refractivity contribution in [1.29, 1.82) is 0 Å². The normalized spacial score (nSPS) is 30.0. The Balaban J connectivity index is 1.55. The van der Waals surface area contributed by atoms with E-state index in [2.05, 4.69) is 10.6 Å². The highest BCUT2D eigenvalue weighted by molar-refractivity contribution is 4.77. The van der Waals surface area contributed by atoms with Gasteiger partial charge < -0.3 is 10.6 Å². The zero-order valence-corrected chi connectivity index (χ0v) is 8.52. The lowest BCUT2D eigenvalue weighted by molar-refractivity contribution is 0.457. The molecule has 2 N–H and O–H groups in total. The number of nitrogens with one attached hydrogen (secondary N) is 2. The van der Waals surface area contributed by atoms with Crippen LogP contribution in [0, 0.1) is 5.92 Å². The highest BCUT2D eigenvalue weighted by Gasteiger charge is 2.20. The molecule has 1 unspecified atom stereocenters. The third kappa shape index (κ3) is 3.65. The van der Waals surface area contributed by atoms with Gasteiger partial charge in [-0.1, -0.05) is 12.8 Å². The first-order valence-electron chi connectivity index (χ1n) is 5.89. The predicted octanol–water partition coefficient (Wildman–Crippen LogP) is 1.52. The van der Waals surface area contributed by atoms with Crippen molar-refractivity contribution in [2.24, 2.45) is 5.92 Å². The molecule has 1 saturated heterocycles. The Kier molecular flexibility index (Phi) is 3.62. The van der Waals surface area contributed by atoms with Gasteiger partial charge >= 0.3 is 0 Å². The summed E-state index contributed by atoms with van der Waals surface area (Å²) in [5.41, 5.74) is 0. The van der Waals surface area contributed by atoms with Gasteiger partial charge in [0.25, 0.3) is 0 Å². The van der Waals surface area contributed by atoms with Crippen LogP contribution in [0.4, 0.5) is 0 Å². The SMILES string of the molecule is C1CNCCC(NCCC2CC2)C1. The minimum Gasteiger partial charge on any atom is -0.317 e. The van der Waals surface area contributed by atoms with Crippen LogP contribution in [0.3, 0.4) is 0 Å². The standard InChI is InChI=1S/C11H22N2/c1-2-11(6-8-12-7-1)13-9-5-10-3-4-10/h10-13H,1-9H2. The number of hydrogen-bond donors (Lipinski definition) is 2. The van der Waals surface area contributed by atoms with Gasteiger partial charge in [-0.25, -0.2) is 0 Å². The lowest BCUT2D eigenvalue weighted by Gasteiger charge is -2.15. The fourth-order valence-corrected chi connectivity index (χ4v) is 2.12. The summed E-state index contributed by atoms with van der Waals surface area (Å²) < 4.78 is 0. The van der Waals surface area contributed by atoms with E-state index >= 15 is 0 Å². The first-order valence-corrected chi connectivity index (χ1v) is 5.89. The maximum Gasteiger partial charge on any atom is 0.00796 e. The van der Waals surface area contributed by atoms with E-state index in [9.17, 15) is 0 Å². The molecule has 1 aliphatic carbocycles. The molecule has 2 fully saturated rings. The predicted molar refractivity (Wildman–Crippen MR) is 55.9 cm³/mol. The van der Waals surface area contributed by atoms with E-state index in [-0.39, 0.29) is 0 Å². The molecule has 1 heterocycles. The summed E-state index contributed by atoms with van der Waals surface area (Å²) in [6, 6.07) is 0.800. The van der Waals surface area contributed by atoms with Crippen molar-refractivity contribution in [3.05, 3.63) is 0 Å². The van der Waals surface area contributed by atoms with Crippen LogP contribution >= 0.6 is 0 Å². The quantitative estimate of drug-likeness (QED) is 0.689. The van der Waals surface area contributed by atoms with Crippen molar-refractivity contribution in [2.75, 3.05) is 19.6 Å². The largest absolute Gasteiger partial charge is 0.317 e. The number of hydrogen-bond acceptors (Lipinski definition) is 2. The molecule has 2 rings (SSSR count). The molecule has 13 heavy (non-hydrogen) atoms. The Morgan fingerprint density at radius 1 is 1.08 bits per heavy atom. The van der Waals surface area contributed by atoms with Crippen molar-refractivity contribution < 1.29 is 0 Å². The Hall–Kier alpha value is -0.0800. The molecule has 0 aromatic rings. The summed E-state index contributed by atoms with van der Waals surface area (Å²) in [4.78, 5) is 0. The molecule has 1 atom stereocenters. The second-order valence-electron chi connectivity index (χ2n) is 4.56. The van der Waals surface area contributed by atoms with E-state index in [0.29, 0.717) is 0 Å². The average Bonchev–Trinajstić information content (AvgIpc) is 2.91. The molecule has 1 saturated carbocycles. The monoisotopic (exact) mass is 182 g/mol. The minimum atomic E-state index is 0.800. The van der Waals surface area contributed by atoms with Crippen LogP contribution in [-0.2, 0) is 0 Å². The van der Waals surface area contributed by atoms with Crippen molar-refractivity contribution in [3.63, 3.8) is 0 Å². The molecule has 0 radical (unpaired) electrons. The first-order chi connectivity index (χ1) is 6.45. The summed E-state index contributed by atoms with van der Waals surface area (Å²) in [5, 5.41) is 7.14. The molecule has 2 nitrogen and oxygen atoms in total. The molecule has 0 spiro atoms. The highest BCUT2D eigenvalue weighted by atomic mass is 14.9. The molecule has 0 aromatic carbocycles. The van der Waals surface area contributed by atoms with Gasteiger partial charge in [0.2, 0.25) is 0 Å². The smallest absolute Gasteiger partial charge is 0.00796 e. The van der Waals surface area contributed by atoms with Crippen LogP contribution < -0.4 is 10.6 Å². The Morgan fingerprint density at radius 2 is 2.00 bits per heavy atom. The lowest BCUT2D eigenvalue weighted by atomic mass is 10.1. The summed E-state index contributed by atoms with van der Waals surface area (Å²) in [6.07, 6.45) is 8.45. The minimum absolute atomic E-state index is 0.800. The van der Waals surface area contributed by atoms with Crippen LogP contribution in [0.1, 0.15) is 38.5 Å². The van der Waals surface area contributed by atoms with E-state index < -0.39 is 0 Å². The summed E-state index contributed by atoms with van der Waals surface area (Å²) in [5.74, 6) is 1.08. The van der Waals surface area contributed by atoms with Gasteiger partial charge in [-0.3, -0.25) is 0 Å². The highest BCUT2D eigenvalue weighted by Crippen LogP contribution is 2.31. The van der Waals surface area contributed by atoms with Gasteiger partial charge in [0, 0.05) is 6.04 Å². The molecule has 0 bridgehead atoms. The zero-order chi connectivity index (χ0) is 8.93. The van der Waals surface area contributed by atoms with Gasteiger partial charge in [0.15, 0.2) is 0 Å². The summed E-state index contributed by atoms with van der Waals surface area (Å²) in [6.45, 7) is 3.69. The van der Waals surface area contributed by atoms with Crippen LogP contribution in [0.15, 0.2) is 0 Å². The molecular formula is C11H22N2. The van der Waals surface area contributed by atoms with E-state index in [1.165, 1.54) is 58.2 Å². The molecule has 0 aromatic heterocycles. The van der Waals surface area contributed by atoms with Crippen molar-refractivity contribution >= 4 is 0 Å². The van der Waals surface area contributed by atoms with E-state index in [4.69, 9.17) is 0 Å². The van der Waals surface area contributed by atoms with Gasteiger partial charge in [0.1, 0.15) is 0 Å². The molecule has 76 valence electrons. The molecule has 2 aliphatic rings. The fraction of sp³-hybridized carbons (Fsp3) is 1.00. The fourth-order valence-electron chi connectivity index (χ4n) is 2.12. The summed E-state index contributed by atoms with van der Waals surface area (Å²) >= 11 is 0. The Labute approximate surface area is 81.5 Å². The van der Waals surface area contributed by atoms with Crippen LogP contribution in [0.25, 0.3) is 0 Å². The average molecular weight is 182 g/mol. The van der Waals surface area contributed by atoms with E-state index in [1.54, 1.807) is 0 Å². The molecule has 2 heteroatoms. The second kappa shape index (κ2) is 4.97. The lowest BCUT2D eigenvalue weighted by Crippen LogP contribution is -2.30. The number of rotatable bonds is 4. The molecule has 1 aliphatic heterocycles. The Bertz CT molecular complexity index is 135. The maximum atomic E-state index is 3.69. The van der Waals surface area contributed by atoms with Gasteiger partial charge in [-0.15, -0.1) is 0 Å². The first kappa shape index (κ1) is 9.47. The van der Waals surface area contributed by atoms with Crippen LogP contribution in [-0.4, -0.2) is 25.7 Å². The van der Waals surface area contributed by atoms with Crippen molar-refractivity contribution in [2.45, 2.75) is 44.6 Å². The third-order valence-corrected chi connectivity index (χ3v) is 3.26. The van der Waals surface area contributed by atoms with Gasteiger partial charge in [-0.05, 0) is 51.2 Å². The van der Waals surface area contributed by atoms with Crippen LogP contribution in [0.2, 0.25) is 0 Å². The van der Waals surface area contributed by atoms with E-state index in [0.717, 1.165) is 12.0 Å².